The lowest BCUT2D eigenvalue weighted by atomic mass is 10.2. The summed E-state index contributed by atoms with van der Waals surface area (Å²) >= 11 is 3.22. The molecule has 0 spiro atoms. The highest BCUT2D eigenvalue weighted by Crippen LogP contribution is 2.17. The Labute approximate surface area is 130 Å². The monoisotopic (exact) mass is 355 g/mol. The van der Waals surface area contributed by atoms with E-state index in [1.165, 1.54) is 18.2 Å². The number of carbonyl (C=O) groups excluding carboxylic acids is 1. The molecule has 21 heavy (non-hydrogen) atoms. The topological polar surface area (TPSA) is 51.5 Å². The van der Waals surface area contributed by atoms with Crippen molar-refractivity contribution in [3.05, 3.63) is 58.2 Å². The second kappa shape index (κ2) is 7.95. The quantitative estimate of drug-likeness (QED) is 0.773. The Bertz CT molecular complexity index is 587. The standard InChI is InChI=1S/C15H15BrFNO3/c16-14-5-4-11(17)9-13(14)15(19)18-6-2-7-20-10-12-3-1-8-21-12/h1,3-5,8-9H,2,6-7,10H2,(H,18,19). The number of rotatable bonds is 7. The van der Waals surface area contributed by atoms with Crippen LogP contribution in [0.1, 0.15) is 22.5 Å². The molecule has 0 fully saturated rings. The Morgan fingerprint density at radius 2 is 2.24 bits per heavy atom. The molecular formula is C15H15BrFNO3. The Kier molecular flexibility index (Phi) is 5.95. The third-order valence-electron chi connectivity index (χ3n) is 2.75. The van der Waals surface area contributed by atoms with Crippen LogP contribution in [0.2, 0.25) is 0 Å². The van der Waals surface area contributed by atoms with Gasteiger partial charge < -0.3 is 14.5 Å². The average Bonchev–Trinajstić information content (AvgIpc) is 2.98. The van der Waals surface area contributed by atoms with Gasteiger partial charge in [0.15, 0.2) is 0 Å². The number of nitrogens with one attached hydrogen (secondary N) is 1. The molecule has 0 bridgehead atoms. The summed E-state index contributed by atoms with van der Waals surface area (Å²) in [6, 6.07) is 7.64. The van der Waals surface area contributed by atoms with Gasteiger partial charge in [-0.05, 0) is 52.7 Å². The Morgan fingerprint density at radius 1 is 1.38 bits per heavy atom. The highest BCUT2D eigenvalue weighted by Gasteiger charge is 2.10. The predicted octanol–water partition coefficient (Wildman–Crippen LogP) is 3.52. The van der Waals surface area contributed by atoms with Gasteiger partial charge in [-0.1, -0.05) is 0 Å². The van der Waals surface area contributed by atoms with Crippen LogP contribution in [0.15, 0.2) is 45.5 Å². The molecule has 112 valence electrons. The molecule has 6 heteroatoms. The minimum Gasteiger partial charge on any atom is -0.467 e. The lowest BCUT2D eigenvalue weighted by Crippen LogP contribution is -2.25. The zero-order valence-corrected chi connectivity index (χ0v) is 12.9. The van der Waals surface area contributed by atoms with E-state index in [2.05, 4.69) is 21.2 Å². The van der Waals surface area contributed by atoms with Crippen molar-refractivity contribution in [3.8, 4) is 0 Å². The fraction of sp³-hybridized carbons (Fsp3) is 0.267. The molecule has 0 unspecified atom stereocenters. The van der Waals surface area contributed by atoms with Crippen LogP contribution in [0.4, 0.5) is 4.39 Å². The molecule has 0 aliphatic carbocycles. The molecule has 2 aromatic rings. The third kappa shape index (κ3) is 4.99. The van der Waals surface area contributed by atoms with Crippen LogP contribution < -0.4 is 5.32 Å². The average molecular weight is 356 g/mol. The smallest absolute Gasteiger partial charge is 0.252 e. The summed E-state index contributed by atoms with van der Waals surface area (Å²) in [5.74, 6) is 0.0141. The molecule has 1 amide bonds. The van der Waals surface area contributed by atoms with Gasteiger partial charge in [-0.3, -0.25) is 4.79 Å². The van der Waals surface area contributed by atoms with Gasteiger partial charge in [0.1, 0.15) is 18.2 Å². The first-order chi connectivity index (χ1) is 10.2. The lowest BCUT2D eigenvalue weighted by Gasteiger charge is -2.07. The summed E-state index contributed by atoms with van der Waals surface area (Å²) in [7, 11) is 0. The number of ether oxygens (including phenoxy) is 1. The van der Waals surface area contributed by atoms with E-state index in [-0.39, 0.29) is 11.5 Å². The van der Waals surface area contributed by atoms with E-state index in [0.29, 0.717) is 30.7 Å². The van der Waals surface area contributed by atoms with Crippen molar-refractivity contribution >= 4 is 21.8 Å². The predicted molar refractivity (Wildman–Crippen MR) is 79.4 cm³/mol. The number of carbonyl (C=O) groups is 1. The fourth-order valence-electron chi connectivity index (χ4n) is 1.71. The zero-order valence-electron chi connectivity index (χ0n) is 11.3. The maximum absolute atomic E-state index is 13.1. The summed E-state index contributed by atoms with van der Waals surface area (Å²) in [4.78, 5) is 11.9. The van der Waals surface area contributed by atoms with E-state index in [0.717, 1.165) is 5.76 Å². The molecule has 2 rings (SSSR count). The van der Waals surface area contributed by atoms with E-state index in [9.17, 15) is 9.18 Å². The highest BCUT2D eigenvalue weighted by atomic mass is 79.9. The zero-order chi connectivity index (χ0) is 15.1. The Hall–Kier alpha value is -1.66. The minimum absolute atomic E-state index is 0.284. The van der Waals surface area contributed by atoms with Crippen molar-refractivity contribution in [1.82, 2.24) is 5.32 Å². The second-order valence-electron chi connectivity index (χ2n) is 4.37. The van der Waals surface area contributed by atoms with Gasteiger partial charge in [-0.2, -0.15) is 0 Å². The first-order valence-corrected chi connectivity index (χ1v) is 7.29. The van der Waals surface area contributed by atoms with E-state index in [1.54, 1.807) is 12.3 Å². The molecule has 4 nitrogen and oxygen atoms in total. The van der Waals surface area contributed by atoms with Gasteiger partial charge in [0.05, 0.1) is 11.8 Å². The minimum atomic E-state index is -0.440. The molecule has 0 radical (unpaired) electrons. The summed E-state index contributed by atoms with van der Waals surface area (Å²) in [5.41, 5.74) is 0.284. The van der Waals surface area contributed by atoms with Crippen molar-refractivity contribution in [3.63, 3.8) is 0 Å². The number of hydrogen-bond donors (Lipinski definition) is 1. The molecule has 0 saturated heterocycles. The molecular weight excluding hydrogens is 341 g/mol. The van der Waals surface area contributed by atoms with Crippen LogP contribution in [0.25, 0.3) is 0 Å². The molecule has 1 N–H and O–H groups in total. The van der Waals surface area contributed by atoms with Gasteiger partial charge in [-0.25, -0.2) is 4.39 Å². The second-order valence-corrected chi connectivity index (χ2v) is 5.22. The first-order valence-electron chi connectivity index (χ1n) is 6.50. The molecule has 0 saturated carbocycles. The van der Waals surface area contributed by atoms with Crippen LogP contribution in [0.3, 0.4) is 0 Å². The number of amides is 1. The van der Waals surface area contributed by atoms with Crippen molar-refractivity contribution < 1.29 is 18.3 Å². The maximum atomic E-state index is 13.1. The molecule has 0 aliphatic heterocycles. The van der Waals surface area contributed by atoms with Crippen LogP contribution in [-0.2, 0) is 11.3 Å². The Morgan fingerprint density at radius 3 is 3.00 bits per heavy atom. The van der Waals surface area contributed by atoms with Gasteiger partial charge >= 0.3 is 0 Å². The lowest BCUT2D eigenvalue weighted by molar-refractivity contribution is 0.0916. The third-order valence-corrected chi connectivity index (χ3v) is 3.44. The first kappa shape index (κ1) is 15.7. The summed E-state index contributed by atoms with van der Waals surface area (Å²) in [6.07, 6.45) is 2.26. The van der Waals surface area contributed by atoms with Gasteiger partial charge in [0.2, 0.25) is 0 Å². The van der Waals surface area contributed by atoms with Crippen molar-refractivity contribution in [1.29, 1.82) is 0 Å². The molecule has 1 aromatic carbocycles. The molecule has 0 aliphatic rings. The normalized spacial score (nSPS) is 10.6. The number of halogens is 2. The van der Waals surface area contributed by atoms with Gasteiger partial charge in [-0.15, -0.1) is 0 Å². The summed E-state index contributed by atoms with van der Waals surface area (Å²) < 4.78 is 24.2. The number of hydrogen-bond acceptors (Lipinski definition) is 3. The fourth-order valence-corrected chi connectivity index (χ4v) is 2.14. The summed E-state index contributed by atoms with van der Waals surface area (Å²) in [6.45, 7) is 1.38. The molecule has 1 aromatic heterocycles. The van der Waals surface area contributed by atoms with E-state index in [1.807, 2.05) is 6.07 Å². The Balaban J connectivity index is 1.66. The SMILES string of the molecule is O=C(NCCCOCc1ccco1)c1cc(F)ccc1Br. The number of furan rings is 1. The van der Waals surface area contributed by atoms with E-state index >= 15 is 0 Å². The van der Waals surface area contributed by atoms with Crippen LogP contribution in [0, 0.1) is 5.82 Å². The number of benzene rings is 1. The molecule has 1 heterocycles. The van der Waals surface area contributed by atoms with Crippen LogP contribution in [-0.4, -0.2) is 19.1 Å². The van der Waals surface area contributed by atoms with Gasteiger partial charge in [0, 0.05) is 17.6 Å². The van der Waals surface area contributed by atoms with E-state index in [4.69, 9.17) is 9.15 Å². The largest absolute Gasteiger partial charge is 0.467 e. The van der Waals surface area contributed by atoms with Crippen LogP contribution >= 0.6 is 15.9 Å². The highest BCUT2D eigenvalue weighted by molar-refractivity contribution is 9.10. The van der Waals surface area contributed by atoms with Crippen molar-refractivity contribution in [2.24, 2.45) is 0 Å². The maximum Gasteiger partial charge on any atom is 0.252 e. The molecule has 0 atom stereocenters. The van der Waals surface area contributed by atoms with Crippen LogP contribution in [0.5, 0.6) is 0 Å². The van der Waals surface area contributed by atoms with E-state index < -0.39 is 5.82 Å². The van der Waals surface area contributed by atoms with Crippen molar-refractivity contribution in [2.45, 2.75) is 13.0 Å². The van der Waals surface area contributed by atoms with Crippen molar-refractivity contribution in [2.75, 3.05) is 13.2 Å². The summed E-state index contributed by atoms with van der Waals surface area (Å²) in [5, 5.41) is 2.72. The van der Waals surface area contributed by atoms with Gasteiger partial charge in [0.25, 0.3) is 5.91 Å².